The first-order chi connectivity index (χ1) is 9.00. The molecular weight excluding hydrogens is 272 g/mol. The highest BCUT2D eigenvalue weighted by atomic mass is 35.5. The molecule has 0 bridgehead atoms. The minimum atomic E-state index is -0.603. The average molecular weight is 285 g/mol. The molecular formula is C11H13ClN4O3. The zero-order valence-corrected chi connectivity index (χ0v) is 10.8. The van der Waals surface area contributed by atoms with Gasteiger partial charge in [0.2, 0.25) is 5.91 Å². The Kier molecular flexibility index (Phi) is 3.87. The van der Waals surface area contributed by atoms with Crippen LogP contribution in [0.25, 0.3) is 0 Å². The van der Waals surface area contributed by atoms with E-state index in [-0.39, 0.29) is 10.7 Å². The molecule has 1 heterocycles. The second-order valence-corrected chi connectivity index (χ2v) is 4.64. The number of nitro benzene ring substituents is 1. The molecule has 1 unspecified atom stereocenters. The molecule has 0 aromatic heterocycles. The van der Waals surface area contributed by atoms with Crippen LogP contribution in [0.1, 0.15) is 0 Å². The average Bonchev–Trinajstić information content (AvgIpc) is 2.38. The van der Waals surface area contributed by atoms with Crippen molar-refractivity contribution in [3.05, 3.63) is 33.3 Å². The number of carbonyl (C=O) groups excluding carboxylic acids is 1. The number of anilines is 1. The van der Waals surface area contributed by atoms with Crippen molar-refractivity contribution >= 4 is 28.9 Å². The molecule has 2 rings (SSSR count). The number of primary amides is 1. The number of benzene rings is 1. The van der Waals surface area contributed by atoms with E-state index in [1.165, 1.54) is 6.07 Å². The number of nitrogens with one attached hydrogen (secondary N) is 1. The Morgan fingerprint density at radius 2 is 2.32 bits per heavy atom. The van der Waals surface area contributed by atoms with Gasteiger partial charge in [-0.2, -0.15) is 0 Å². The molecule has 7 nitrogen and oxygen atoms in total. The SMILES string of the molecule is NC(=O)C1CNCCN1c1ccc(Cl)cc1[N+](=O)[O-]. The Morgan fingerprint density at radius 1 is 1.58 bits per heavy atom. The van der Waals surface area contributed by atoms with Gasteiger partial charge in [-0.15, -0.1) is 0 Å². The van der Waals surface area contributed by atoms with Crippen LogP contribution < -0.4 is 16.0 Å². The van der Waals surface area contributed by atoms with Gasteiger partial charge >= 0.3 is 0 Å². The first-order valence-electron chi connectivity index (χ1n) is 5.71. The Morgan fingerprint density at radius 3 is 2.95 bits per heavy atom. The minimum absolute atomic E-state index is 0.124. The lowest BCUT2D eigenvalue weighted by molar-refractivity contribution is -0.384. The van der Waals surface area contributed by atoms with Gasteiger partial charge in [-0.1, -0.05) is 11.6 Å². The molecule has 0 radical (unpaired) electrons. The van der Waals surface area contributed by atoms with E-state index in [4.69, 9.17) is 17.3 Å². The smallest absolute Gasteiger partial charge is 0.294 e. The van der Waals surface area contributed by atoms with E-state index in [2.05, 4.69) is 5.32 Å². The highest BCUT2D eigenvalue weighted by Gasteiger charge is 2.31. The summed E-state index contributed by atoms with van der Waals surface area (Å²) in [6.45, 7) is 1.47. The van der Waals surface area contributed by atoms with E-state index >= 15 is 0 Å². The van der Waals surface area contributed by atoms with Crippen molar-refractivity contribution in [1.29, 1.82) is 0 Å². The number of carbonyl (C=O) groups is 1. The fraction of sp³-hybridized carbons (Fsp3) is 0.364. The van der Waals surface area contributed by atoms with Crippen molar-refractivity contribution < 1.29 is 9.72 Å². The van der Waals surface area contributed by atoms with Crippen molar-refractivity contribution in [2.45, 2.75) is 6.04 Å². The maximum absolute atomic E-state index is 11.4. The van der Waals surface area contributed by atoms with Crippen LogP contribution in [0.3, 0.4) is 0 Å². The van der Waals surface area contributed by atoms with E-state index in [0.29, 0.717) is 25.3 Å². The third-order valence-electron chi connectivity index (χ3n) is 3.02. The number of hydrogen-bond donors (Lipinski definition) is 2. The summed E-state index contributed by atoms with van der Waals surface area (Å²) < 4.78 is 0. The van der Waals surface area contributed by atoms with Crippen LogP contribution in [0.2, 0.25) is 5.02 Å². The number of piperazine rings is 1. The summed E-state index contributed by atoms with van der Waals surface area (Å²) in [6, 6.07) is 3.77. The van der Waals surface area contributed by atoms with Crippen molar-refractivity contribution in [1.82, 2.24) is 5.32 Å². The summed E-state index contributed by atoms with van der Waals surface area (Å²) in [5.41, 5.74) is 5.57. The molecule has 1 aliphatic rings. The molecule has 1 aromatic rings. The van der Waals surface area contributed by atoms with Crippen LogP contribution in [0.5, 0.6) is 0 Å². The molecule has 8 heteroatoms. The van der Waals surface area contributed by atoms with Crippen LogP contribution in [-0.4, -0.2) is 36.5 Å². The topological polar surface area (TPSA) is 102 Å². The Bertz CT molecular complexity index is 523. The molecule has 1 atom stereocenters. The largest absolute Gasteiger partial charge is 0.368 e. The van der Waals surface area contributed by atoms with Gasteiger partial charge < -0.3 is 16.0 Å². The van der Waals surface area contributed by atoms with Crippen molar-refractivity contribution in [2.75, 3.05) is 24.5 Å². The molecule has 3 N–H and O–H groups in total. The van der Waals surface area contributed by atoms with Crippen LogP contribution >= 0.6 is 11.6 Å². The van der Waals surface area contributed by atoms with Gasteiger partial charge in [0, 0.05) is 30.7 Å². The number of nitrogens with two attached hydrogens (primary N) is 1. The van der Waals surface area contributed by atoms with E-state index in [1.54, 1.807) is 17.0 Å². The summed E-state index contributed by atoms with van der Waals surface area (Å²) in [6.07, 6.45) is 0. The Hall–Kier alpha value is -1.86. The number of amides is 1. The van der Waals surface area contributed by atoms with Gasteiger partial charge in [0.1, 0.15) is 11.7 Å². The molecule has 1 aliphatic heterocycles. The molecule has 1 fully saturated rings. The van der Waals surface area contributed by atoms with E-state index in [1.807, 2.05) is 0 Å². The molecule has 0 spiro atoms. The predicted octanol–water partition coefficient (Wildman–Crippen LogP) is 0.512. The molecule has 0 saturated carbocycles. The number of hydrogen-bond acceptors (Lipinski definition) is 5. The molecule has 1 saturated heterocycles. The number of nitro groups is 1. The van der Waals surface area contributed by atoms with Crippen LogP contribution in [0.4, 0.5) is 11.4 Å². The summed E-state index contributed by atoms with van der Waals surface area (Å²) in [5.74, 6) is -0.517. The minimum Gasteiger partial charge on any atom is -0.368 e. The Balaban J connectivity index is 2.44. The van der Waals surface area contributed by atoms with Gasteiger partial charge in [-0.05, 0) is 12.1 Å². The standard InChI is InChI=1S/C11H13ClN4O3/c12-7-1-2-8(9(5-7)16(18)19)15-4-3-14-6-10(15)11(13)17/h1-2,5,10,14H,3-4,6H2,(H2,13,17). The van der Waals surface area contributed by atoms with Crippen LogP contribution in [0, 0.1) is 10.1 Å². The summed E-state index contributed by atoms with van der Waals surface area (Å²) in [4.78, 5) is 23.6. The first kappa shape index (κ1) is 13.6. The monoisotopic (exact) mass is 284 g/mol. The van der Waals surface area contributed by atoms with Crippen molar-refractivity contribution in [2.24, 2.45) is 5.73 Å². The predicted molar refractivity (Wildman–Crippen MR) is 71.3 cm³/mol. The fourth-order valence-corrected chi connectivity index (χ4v) is 2.30. The molecule has 1 amide bonds. The van der Waals surface area contributed by atoms with E-state index in [9.17, 15) is 14.9 Å². The summed E-state index contributed by atoms with van der Waals surface area (Å²) in [7, 11) is 0. The second-order valence-electron chi connectivity index (χ2n) is 4.21. The highest BCUT2D eigenvalue weighted by Crippen LogP contribution is 2.32. The van der Waals surface area contributed by atoms with E-state index in [0.717, 1.165) is 0 Å². The fourth-order valence-electron chi connectivity index (χ4n) is 2.13. The molecule has 102 valence electrons. The normalized spacial score (nSPS) is 19.2. The quantitative estimate of drug-likeness (QED) is 0.622. The lowest BCUT2D eigenvalue weighted by Crippen LogP contribution is -2.57. The molecule has 0 aliphatic carbocycles. The maximum atomic E-state index is 11.4. The highest BCUT2D eigenvalue weighted by molar-refractivity contribution is 6.30. The van der Waals surface area contributed by atoms with Gasteiger partial charge in [0.25, 0.3) is 5.69 Å². The van der Waals surface area contributed by atoms with Gasteiger partial charge in [0.15, 0.2) is 0 Å². The van der Waals surface area contributed by atoms with Gasteiger partial charge in [0.05, 0.1) is 4.92 Å². The van der Waals surface area contributed by atoms with Gasteiger partial charge in [-0.3, -0.25) is 14.9 Å². The number of rotatable bonds is 3. The summed E-state index contributed by atoms with van der Waals surface area (Å²) in [5, 5.41) is 14.4. The number of halogens is 1. The second kappa shape index (κ2) is 5.41. The van der Waals surface area contributed by atoms with E-state index < -0.39 is 16.9 Å². The van der Waals surface area contributed by atoms with Crippen molar-refractivity contribution in [3.63, 3.8) is 0 Å². The zero-order chi connectivity index (χ0) is 14.0. The summed E-state index contributed by atoms with van der Waals surface area (Å²) >= 11 is 5.77. The van der Waals surface area contributed by atoms with Crippen LogP contribution in [0.15, 0.2) is 18.2 Å². The third-order valence-corrected chi connectivity index (χ3v) is 3.25. The van der Waals surface area contributed by atoms with Crippen molar-refractivity contribution in [3.8, 4) is 0 Å². The lowest BCUT2D eigenvalue weighted by atomic mass is 10.1. The first-order valence-corrected chi connectivity index (χ1v) is 6.09. The Labute approximate surface area is 114 Å². The number of nitrogens with zero attached hydrogens (tertiary/aromatic N) is 2. The lowest BCUT2D eigenvalue weighted by Gasteiger charge is -2.35. The molecule has 19 heavy (non-hydrogen) atoms. The third kappa shape index (κ3) is 2.77. The van der Waals surface area contributed by atoms with Crippen LogP contribution in [-0.2, 0) is 4.79 Å². The maximum Gasteiger partial charge on any atom is 0.294 e. The molecule has 1 aromatic carbocycles. The zero-order valence-electron chi connectivity index (χ0n) is 10.0. The van der Waals surface area contributed by atoms with Gasteiger partial charge in [-0.25, -0.2) is 0 Å².